The van der Waals surface area contributed by atoms with Crippen LogP contribution in [-0.2, 0) is 0 Å². The molecule has 5 heteroatoms. The van der Waals surface area contributed by atoms with Crippen molar-refractivity contribution in [2.45, 2.75) is 12.2 Å². The third kappa shape index (κ3) is 3.23. The van der Waals surface area contributed by atoms with Gasteiger partial charge >= 0.3 is 0 Å². The Bertz CT molecular complexity index is 345. The molecule has 18 heavy (non-hydrogen) atoms. The molecular weight excluding hydrogens is 296 g/mol. The predicted molar refractivity (Wildman–Crippen MR) is 76.3 cm³/mol. The molecule has 0 spiro atoms. The standard InChI is InChI=1S/C13H19BrN2O2/c14-9-12(17)13(18)10-1-3-11(4-2-10)16-7-5-15-6-8-16/h1-4,12-13,15,17-18H,5-9H2. The fraction of sp³-hybridized carbons (Fsp3) is 0.538. The molecule has 2 unspecified atom stereocenters. The Kier molecular flexibility index (Phi) is 5.00. The maximum atomic E-state index is 9.89. The largest absolute Gasteiger partial charge is 0.389 e. The van der Waals surface area contributed by atoms with Gasteiger partial charge in [0, 0.05) is 37.2 Å². The van der Waals surface area contributed by atoms with Crippen LogP contribution in [0, 0.1) is 0 Å². The summed E-state index contributed by atoms with van der Waals surface area (Å²) < 4.78 is 0. The Hall–Kier alpha value is -0.620. The van der Waals surface area contributed by atoms with Gasteiger partial charge in [-0.3, -0.25) is 0 Å². The second-order valence-electron chi connectivity index (χ2n) is 4.50. The highest BCUT2D eigenvalue weighted by Gasteiger charge is 2.17. The number of aliphatic hydroxyl groups excluding tert-OH is 2. The van der Waals surface area contributed by atoms with Gasteiger partial charge in [-0.1, -0.05) is 28.1 Å². The summed E-state index contributed by atoms with van der Waals surface area (Å²) in [5.74, 6) is 0. The van der Waals surface area contributed by atoms with E-state index in [0.29, 0.717) is 5.33 Å². The smallest absolute Gasteiger partial charge is 0.106 e. The molecule has 1 aromatic rings. The Labute approximate surface area is 116 Å². The third-order valence-corrected chi connectivity index (χ3v) is 3.90. The monoisotopic (exact) mass is 314 g/mol. The summed E-state index contributed by atoms with van der Waals surface area (Å²) >= 11 is 3.16. The van der Waals surface area contributed by atoms with Crippen LogP contribution in [0.4, 0.5) is 5.69 Å². The molecule has 0 radical (unpaired) electrons. The summed E-state index contributed by atoms with van der Waals surface area (Å²) in [6, 6.07) is 7.78. The highest BCUT2D eigenvalue weighted by molar-refractivity contribution is 9.09. The van der Waals surface area contributed by atoms with Gasteiger partial charge < -0.3 is 20.4 Å². The lowest BCUT2D eigenvalue weighted by Gasteiger charge is -2.29. The summed E-state index contributed by atoms with van der Waals surface area (Å²) in [6.07, 6.45) is -1.60. The van der Waals surface area contributed by atoms with E-state index in [1.807, 2.05) is 24.3 Å². The van der Waals surface area contributed by atoms with Gasteiger partial charge in [-0.25, -0.2) is 0 Å². The number of hydrogen-bond donors (Lipinski definition) is 3. The Morgan fingerprint density at radius 1 is 1.17 bits per heavy atom. The maximum Gasteiger partial charge on any atom is 0.106 e. The van der Waals surface area contributed by atoms with E-state index >= 15 is 0 Å². The first-order chi connectivity index (χ1) is 8.72. The number of anilines is 1. The maximum absolute atomic E-state index is 9.89. The van der Waals surface area contributed by atoms with Crippen LogP contribution in [0.3, 0.4) is 0 Å². The fourth-order valence-corrected chi connectivity index (χ4v) is 2.47. The topological polar surface area (TPSA) is 55.7 Å². The molecule has 4 nitrogen and oxygen atoms in total. The fourth-order valence-electron chi connectivity index (χ4n) is 2.11. The van der Waals surface area contributed by atoms with Gasteiger partial charge in [0.2, 0.25) is 0 Å². The van der Waals surface area contributed by atoms with Crippen molar-refractivity contribution >= 4 is 21.6 Å². The minimum absolute atomic E-state index is 0.369. The van der Waals surface area contributed by atoms with Crippen LogP contribution in [0.15, 0.2) is 24.3 Å². The molecule has 0 bridgehead atoms. The SMILES string of the molecule is OC(CBr)C(O)c1ccc(N2CCNCC2)cc1. The molecule has 1 fully saturated rings. The number of rotatable bonds is 4. The highest BCUT2D eigenvalue weighted by Crippen LogP contribution is 2.22. The van der Waals surface area contributed by atoms with Gasteiger partial charge in [-0.05, 0) is 17.7 Å². The van der Waals surface area contributed by atoms with Crippen LogP contribution >= 0.6 is 15.9 Å². The quantitative estimate of drug-likeness (QED) is 0.722. The van der Waals surface area contributed by atoms with Crippen molar-refractivity contribution in [2.75, 3.05) is 36.4 Å². The molecule has 0 amide bonds. The van der Waals surface area contributed by atoms with Crippen LogP contribution in [-0.4, -0.2) is 47.8 Å². The van der Waals surface area contributed by atoms with E-state index in [1.165, 1.54) is 5.69 Å². The van der Waals surface area contributed by atoms with Crippen molar-refractivity contribution in [1.29, 1.82) is 0 Å². The molecule has 3 N–H and O–H groups in total. The number of nitrogens with one attached hydrogen (secondary N) is 1. The summed E-state index contributed by atoms with van der Waals surface area (Å²) in [5.41, 5.74) is 1.92. The zero-order valence-electron chi connectivity index (χ0n) is 10.2. The van der Waals surface area contributed by atoms with Crippen LogP contribution in [0.5, 0.6) is 0 Å². The molecule has 2 rings (SSSR count). The van der Waals surface area contributed by atoms with E-state index in [1.54, 1.807) is 0 Å². The average molecular weight is 315 g/mol. The second kappa shape index (κ2) is 6.52. The van der Waals surface area contributed by atoms with Crippen LogP contribution in [0.25, 0.3) is 0 Å². The molecule has 1 aliphatic heterocycles. The van der Waals surface area contributed by atoms with Crippen LogP contribution in [0.2, 0.25) is 0 Å². The number of aliphatic hydroxyl groups is 2. The summed E-state index contributed by atoms with van der Waals surface area (Å²) in [6.45, 7) is 4.03. The first-order valence-corrected chi connectivity index (χ1v) is 7.32. The first-order valence-electron chi connectivity index (χ1n) is 6.20. The van der Waals surface area contributed by atoms with Gasteiger partial charge in [-0.2, -0.15) is 0 Å². The van der Waals surface area contributed by atoms with Crippen molar-refractivity contribution in [3.05, 3.63) is 29.8 Å². The van der Waals surface area contributed by atoms with E-state index < -0.39 is 12.2 Å². The molecule has 1 aliphatic rings. The molecule has 0 aliphatic carbocycles. The Morgan fingerprint density at radius 3 is 2.33 bits per heavy atom. The third-order valence-electron chi connectivity index (χ3n) is 3.24. The van der Waals surface area contributed by atoms with Gasteiger partial charge in [0.25, 0.3) is 0 Å². The summed E-state index contributed by atoms with van der Waals surface area (Å²) in [7, 11) is 0. The number of benzene rings is 1. The minimum atomic E-state index is -0.832. The zero-order chi connectivity index (χ0) is 13.0. The number of piperazine rings is 1. The number of alkyl halides is 1. The molecule has 0 saturated carbocycles. The van der Waals surface area contributed by atoms with Crippen molar-refractivity contribution < 1.29 is 10.2 Å². The lowest BCUT2D eigenvalue weighted by atomic mass is 10.0. The van der Waals surface area contributed by atoms with Gasteiger partial charge in [0.15, 0.2) is 0 Å². The van der Waals surface area contributed by atoms with E-state index in [4.69, 9.17) is 0 Å². The predicted octanol–water partition coefficient (Wildman–Crippen LogP) is 0.885. The van der Waals surface area contributed by atoms with E-state index in [-0.39, 0.29) is 0 Å². The molecule has 1 aromatic carbocycles. The van der Waals surface area contributed by atoms with E-state index in [0.717, 1.165) is 31.7 Å². The minimum Gasteiger partial charge on any atom is -0.389 e. The van der Waals surface area contributed by atoms with Crippen molar-refractivity contribution in [2.24, 2.45) is 0 Å². The van der Waals surface area contributed by atoms with Crippen molar-refractivity contribution in [3.63, 3.8) is 0 Å². The Morgan fingerprint density at radius 2 is 1.78 bits per heavy atom. The molecule has 1 heterocycles. The van der Waals surface area contributed by atoms with Gasteiger partial charge in [0.1, 0.15) is 6.10 Å². The zero-order valence-corrected chi connectivity index (χ0v) is 11.8. The number of hydrogen-bond acceptors (Lipinski definition) is 4. The van der Waals surface area contributed by atoms with Crippen LogP contribution < -0.4 is 10.2 Å². The molecule has 2 atom stereocenters. The number of halogens is 1. The molecule has 0 aromatic heterocycles. The summed E-state index contributed by atoms with van der Waals surface area (Å²) in [4.78, 5) is 2.31. The van der Waals surface area contributed by atoms with E-state index in [9.17, 15) is 10.2 Å². The highest BCUT2D eigenvalue weighted by atomic mass is 79.9. The lowest BCUT2D eigenvalue weighted by molar-refractivity contribution is 0.0343. The molecule has 1 saturated heterocycles. The van der Waals surface area contributed by atoms with Gasteiger partial charge in [0.05, 0.1) is 6.10 Å². The first kappa shape index (κ1) is 13.8. The normalized spacial score (nSPS) is 19.6. The average Bonchev–Trinajstić information content (AvgIpc) is 2.47. The van der Waals surface area contributed by atoms with Crippen LogP contribution in [0.1, 0.15) is 11.7 Å². The van der Waals surface area contributed by atoms with Gasteiger partial charge in [-0.15, -0.1) is 0 Å². The molecular formula is C13H19BrN2O2. The number of nitrogens with zero attached hydrogens (tertiary/aromatic N) is 1. The van der Waals surface area contributed by atoms with Crippen molar-refractivity contribution in [1.82, 2.24) is 5.32 Å². The van der Waals surface area contributed by atoms with E-state index in [2.05, 4.69) is 26.1 Å². The molecule has 100 valence electrons. The second-order valence-corrected chi connectivity index (χ2v) is 5.14. The summed E-state index contributed by atoms with van der Waals surface area (Å²) in [5, 5.41) is 23.2. The Balaban J connectivity index is 2.04. The van der Waals surface area contributed by atoms with Crippen molar-refractivity contribution in [3.8, 4) is 0 Å². The lowest BCUT2D eigenvalue weighted by Crippen LogP contribution is -2.43.